The summed E-state index contributed by atoms with van der Waals surface area (Å²) >= 11 is 0. The summed E-state index contributed by atoms with van der Waals surface area (Å²) in [4.78, 5) is 12.0. The van der Waals surface area contributed by atoms with Crippen LogP contribution in [0.2, 0.25) is 0 Å². The van der Waals surface area contributed by atoms with E-state index in [1.807, 2.05) is 20.8 Å². The van der Waals surface area contributed by atoms with Crippen molar-refractivity contribution in [2.75, 3.05) is 5.32 Å². The molecular weight excluding hydrogens is 264 g/mol. The van der Waals surface area contributed by atoms with Crippen molar-refractivity contribution in [3.63, 3.8) is 0 Å². The molecule has 5 nitrogen and oxygen atoms in total. The van der Waals surface area contributed by atoms with Gasteiger partial charge in [-0.15, -0.1) is 0 Å². The summed E-state index contributed by atoms with van der Waals surface area (Å²) in [5.74, 6) is -0.311. The zero-order valence-corrected chi connectivity index (χ0v) is 12.3. The summed E-state index contributed by atoms with van der Waals surface area (Å²) in [5.41, 5.74) is 1.10. The molecule has 0 saturated heterocycles. The van der Waals surface area contributed by atoms with Crippen molar-refractivity contribution < 1.29 is 13.2 Å². The Labute approximate surface area is 114 Å². The van der Waals surface area contributed by atoms with Gasteiger partial charge in [-0.1, -0.05) is 19.9 Å². The summed E-state index contributed by atoms with van der Waals surface area (Å²) in [7, 11) is -3.85. The van der Waals surface area contributed by atoms with E-state index in [9.17, 15) is 13.2 Å². The lowest BCUT2D eigenvalue weighted by Crippen LogP contribution is -2.24. The predicted molar refractivity (Wildman–Crippen MR) is 75.3 cm³/mol. The van der Waals surface area contributed by atoms with E-state index in [0.29, 0.717) is 12.8 Å². The SMILES string of the molecule is CCC(CC)C(=O)Nc1cc(C)ccc1S(N)(=O)=O. The zero-order valence-electron chi connectivity index (χ0n) is 11.4. The van der Waals surface area contributed by atoms with Crippen LogP contribution in [0.1, 0.15) is 32.3 Å². The Bertz CT molecular complexity index is 563. The van der Waals surface area contributed by atoms with Crippen LogP contribution in [0.4, 0.5) is 5.69 Å². The van der Waals surface area contributed by atoms with E-state index in [2.05, 4.69) is 5.32 Å². The number of primary sulfonamides is 1. The Morgan fingerprint density at radius 2 is 1.89 bits per heavy atom. The van der Waals surface area contributed by atoms with E-state index >= 15 is 0 Å². The van der Waals surface area contributed by atoms with Gasteiger partial charge < -0.3 is 5.32 Å². The molecule has 0 aromatic heterocycles. The van der Waals surface area contributed by atoms with Crippen molar-refractivity contribution >= 4 is 21.6 Å². The maximum absolute atomic E-state index is 12.0. The van der Waals surface area contributed by atoms with Gasteiger partial charge in [-0.25, -0.2) is 13.6 Å². The third kappa shape index (κ3) is 4.04. The second kappa shape index (κ2) is 6.16. The fraction of sp³-hybridized carbons (Fsp3) is 0.462. The lowest BCUT2D eigenvalue weighted by molar-refractivity contribution is -0.120. The normalized spacial score (nSPS) is 11.6. The number of amides is 1. The first-order valence-corrected chi connectivity index (χ1v) is 7.78. The summed E-state index contributed by atoms with van der Waals surface area (Å²) in [6.07, 6.45) is 1.41. The van der Waals surface area contributed by atoms with Crippen molar-refractivity contribution in [2.45, 2.75) is 38.5 Å². The molecule has 1 amide bonds. The van der Waals surface area contributed by atoms with Crippen LogP contribution in [-0.4, -0.2) is 14.3 Å². The lowest BCUT2D eigenvalue weighted by atomic mass is 10.0. The van der Waals surface area contributed by atoms with Gasteiger partial charge in [0.15, 0.2) is 0 Å². The van der Waals surface area contributed by atoms with Gasteiger partial charge in [-0.3, -0.25) is 4.79 Å². The molecule has 0 aliphatic carbocycles. The number of rotatable bonds is 5. The highest BCUT2D eigenvalue weighted by Crippen LogP contribution is 2.23. The van der Waals surface area contributed by atoms with Crippen LogP contribution in [-0.2, 0) is 14.8 Å². The van der Waals surface area contributed by atoms with Gasteiger partial charge in [0, 0.05) is 5.92 Å². The second-order valence-electron chi connectivity index (χ2n) is 4.55. The van der Waals surface area contributed by atoms with Gasteiger partial charge in [-0.05, 0) is 37.5 Å². The van der Waals surface area contributed by atoms with Crippen molar-refractivity contribution in [3.8, 4) is 0 Å². The maximum Gasteiger partial charge on any atom is 0.240 e. The summed E-state index contributed by atoms with van der Waals surface area (Å²) < 4.78 is 23.0. The molecular formula is C13H20N2O3S. The number of hydrogen-bond donors (Lipinski definition) is 2. The fourth-order valence-electron chi connectivity index (χ4n) is 1.88. The number of carbonyl (C=O) groups excluding carboxylic acids is 1. The van der Waals surface area contributed by atoms with Crippen LogP contribution >= 0.6 is 0 Å². The third-order valence-corrected chi connectivity index (χ3v) is 4.02. The molecule has 0 radical (unpaired) electrons. The van der Waals surface area contributed by atoms with Crippen LogP contribution in [0.5, 0.6) is 0 Å². The number of nitrogens with two attached hydrogens (primary N) is 1. The minimum absolute atomic E-state index is 0.0580. The molecule has 1 rings (SSSR count). The summed E-state index contributed by atoms with van der Waals surface area (Å²) in [6.45, 7) is 5.66. The Balaban J connectivity index is 3.13. The maximum atomic E-state index is 12.0. The van der Waals surface area contributed by atoms with Gasteiger partial charge in [0.2, 0.25) is 15.9 Å². The number of aryl methyl sites for hydroxylation is 1. The first-order valence-electron chi connectivity index (χ1n) is 6.23. The van der Waals surface area contributed by atoms with Gasteiger partial charge in [0.05, 0.1) is 5.69 Å². The molecule has 0 unspecified atom stereocenters. The van der Waals surface area contributed by atoms with E-state index < -0.39 is 10.0 Å². The highest BCUT2D eigenvalue weighted by molar-refractivity contribution is 7.89. The first kappa shape index (κ1) is 15.7. The Hall–Kier alpha value is -1.40. The molecule has 6 heteroatoms. The van der Waals surface area contributed by atoms with Crippen molar-refractivity contribution in [1.29, 1.82) is 0 Å². The van der Waals surface area contributed by atoms with Gasteiger partial charge in [-0.2, -0.15) is 0 Å². The van der Waals surface area contributed by atoms with E-state index in [0.717, 1.165) is 5.56 Å². The van der Waals surface area contributed by atoms with Crippen molar-refractivity contribution in [3.05, 3.63) is 23.8 Å². The van der Waals surface area contributed by atoms with Gasteiger partial charge in [0.25, 0.3) is 0 Å². The molecule has 0 heterocycles. The van der Waals surface area contributed by atoms with Crippen LogP contribution in [0.25, 0.3) is 0 Å². The lowest BCUT2D eigenvalue weighted by Gasteiger charge is -2.15. The number of benzene rings is 1. The van der Waals surface area contributed by atoms with E-state index in [1.54, 1.807) is 12.1 Å². The largest absolute Gasteiger partial charge is 0.325 e. The smallest absolute Gasteiger partial charge is 0.240 e. The monoisotopic (exact) mass is 284 g/mol. The fourth-order valence-corrected chi connectivity index (χ4v) is 2.56. The average molecular weight is 284 g/mol. The number of sulfonamides is 1. The highest BCUT2D eigenvalue weighted by atomic mass is 32.2. The minimum Gasteiger partial charge on any atom is -0.325 e. The molecule has 0 saturated carbocycles. The minimum atomic E-state index is -3.85. The molecule has 1 aromatic rings. The number of hydrogen-bond acceptors (Lipinski definition) is 3. The van der Waals surface area contributed by atoms with Crippen LogP contribution in [0, 0.1) is 12.8 Å². The van der Waals surface area contributed by atoms with Gasteiger partial charge in [0.1, 0.15) is 4.90 Å². The third-order valence-electron chi connectivity index (χ3n) is 3.06. The van der Waals surface area contributed by atoms with E-state index in [1.165, 1.54) is 6.07 Å². The molecule has 106 valence electrons. The van der Waals surface area contributed by atoms with E-state index in [-0.39, 0.29) is 22.4 Å². The summed E-state index contributed by atoms with van der Waals surface area (Å²) in [6, 6.07) is 4.67. The molecule has 0 aliphatic heterocycles. The topological polar surface area (TPSA) is 89.3 Å². The summed E-state index contributed by atoms with van der Waals surface area (Å²) in [5, 5.41) is 7.81. The average Bonchev–Trinajstić information content (AvgIpc) is 2.28. The van der Waals surface area contributed by atoms with Crippen LogP contribution < -0.4 is 10.5 Å². The van der Waals surface area contributed by atoms with Gasteiger partial charge >= 0.3 is 0 Å². The van der Waals surface area contributed by atoms with Crippen LogP contribution in [0.15, 0.2) is 23.1 Å². The molecule has 0 aliphatic rings. The number of carbonyl (C=O) groups is 1. The number of anilines is 1. The van der Waals surface area contributed by atoms with Crippen molar-refractivity contribution in [1.82, 2.24) is 0 Å². The first-order chi connectivity index (χ1) is 8.79. The zero-order chi connectivity index (χ0) is 14.6. The molecule has 0 fully saturated rings. The Morgan fingerprint density at radius 3 is 2.37 bits per heavy atom. The number of nitrogens with one attached hydrogen (secondary N) is 1. The quantitative estimate of drug-likeness (QED) is 0.866. The predicted octanol–water partition coefficient (Wildman–Crippen LogP) is 2.02. The second-order valence-corrected chi connectivity index (χ2v) is 6.08. The molecule has 3 N–H and O–H groups in total. The Kier molecular flexibility index (Phi) is 5.08. The molecule has 0 atom stereocenters. The molecule has 1 aromatic carbocycles. The molecule has 0 bridgehead atoms. The van der Waals surface area contributed by atoms with Crippen molar-refractivity contribution in [2.24, 2.45) is 11.1 Å². The Morgan fingerprint density at radius 1 is 1.32 bits per heavy atom. The standard InChI is InChI=1S/C13H20N2O3S/c1-4-10(5-2)13(16)15-11-8-9(3)6-7-12(11)19(14,17)18/h6-8,10H,4-5H2,1-3H3,(H,15,16)(H2,14,17,18). The van der Waals surface area contributed by atoms with Crippen LogP contribution in [0.3, 0.4) is 0 Å². The molecule has 19 heavy (non-hydrogen) atoms. The molecule has 0 spiro atoms. The highest BCUT2D eigenvalue weighted by Gasteiger charge is 2.19. The van der Waals surface area contributed by atoms with E-state index in [4.69, 9.17) is 5.14 Å².